The zero-order valence-electron chi connectivity index (χ0n) is 17.8. The number of aromatic nitrogens is 7. The predicted octanol–water partition coefficient (Wildman–Crippen LogP) is 2.79. The molecule has 4 aromatic heterocycles. The summed E-state index contributed by atoms with van der Waals surface area (Å²) in [5.41, 5.74) is 5.06. The lowest BCUT2D eigenvalue weighted by Crippen LogP contribution is -2.36. The molecule has 0 bridgehead atoms. The van der Waals surface area contributed by atoms with E-state index >= 15 is 0 Å². The van der Waals surface area contributed by atoms with Gasteiger partial charge in [-0.05, 0) is 29.8 Å². The number of hydrogen-bond donors (Lipinski definition) is 1. The van der Waals surface area contributed by atoms with E-state index in [0.29, 0.717) is 23.7 Å². The zero-order valence-corrected chi connectivity index (χ0v) is 17.8. The number of pyridine rings is 2. The van der Waals surface area contributed by atoms with Gasteiger partial charge in [0.15, 0.2) is 11.5 Å². The first-order valence-corrected chi connectivity index (χ1v) is 10.8. The Morgan fingerprint density at radius 3 is 2.88 bits per heavy atom. The van der Waals surface area contributed by atoms with E-state index in [1.54, 1.807) is 23.3 Å². The highest BCUT2D eigenvalue weighted by molar-refractivity contribution is 5.79. The smallest absolute Gasteiger partial charge is 0.221 e. The number of rotatable bonds is 5. The summed E-state index contributed by atoms with van der Waals surface area (Å²) in [6, 6.07) is 12.2. The second-order valence-corrected chi connectivity index (χ2v) is 7.84. The van der Waals surface area contributed by atoms with E-state index in [1.807, 2.05) is 30.5 Å². The van der Waals surface area contributed by atoms with Crippen molar-refractivity contribution in [2.24, 2.45) is 0 Å². The van der Waals surface area contributed by atoms with Crippen LogP contribution in [0.4, 0.5) is 17.2 Å². The fraction of sp³-hybridized carbons (Fsp3) is 0.217. The minimum atomic E-state index is 0.503. The monoisotopic (exact) mass is 439 g/mol. The van der Waals surface area contributed by atoms with Gasteiger partial charge in [0.1, 0.15) is 0 Å². The lowest BCUT2D eigenvalue weighted by atomic mass is 10.1. The highest BCUT2D eigenvalue weighted by atomic mass is 16.5. The second kappa shape index (κ2) is 8.40. The maximum Gasteiger partial charge on any atom is 0.221 e. The Kier molecular flexibility index (Phi) is 4.96. The number of benzene rings is 1. The summed E-state index contributed by atoms with van der Waals surface area (Å²) in [7, 11) is 0. The molecule has 33 heavy (non-hydrogen) atoms. The number of anilines is 3. The van der Waals surface area contributed by atoms with Gasteiger partial charge in [-0.15, -0.1) is 5.10 Å². The summed E-state index contributed by atoms with van der Waals surface area (Å²) >= 11 is 0. The maximum absolute atomic E-state index is 5.44. The van der Waals surface area contributed by atoms with E-state index in [9.17, 15) is 0 Å². The Labute approximate surface area is 189 Å². The summed E-state index contributed by atoms with van der Waals surface area (Å²) in [5.74, 6) is 0.606. The minimum Gasteiger partial charge on any atom is -0.378 e. The van der Waals surface area contributed by atoms with Crippen LogP contribution in [0.1, 0.15) is 5.56 Å². The average molecular weight is 439 g/mol. The van der Waals surface area contributed by atoms with Crippen LogP contribution in [0.5, 0.6) is 0 Å². The fourth-order valence-electron chi connectivity index (χ4n) is 3.96. The van der Waals surface area contributed by atoms with E-state index in [-0.39, 0.29) is 0 Å². The van der Waals surface area contributed by atoms with Crippen molar-refractivity contribution in [1.29, 1.82) is 0 Å². The van der Waals surface area contributed by atoms with Crippen LogP contribution >= 0.6 is 0 Å². The molecule has 10 heteroatoms. The van der Waals surface area contributed by atoms with E-state index in [0.717, 1.165) is 54.1 Å². The van der Waals surface area contributed by atoms with E-state index in [4.69, 9.17) is 9.72 Å². The van der Waals surface area contributed by atoms with Gasteiger partial charge in [0.25, 0.3) is 0 Å². The first-order valence-electron chi connectivity index (χ1n) is 10.8. The zero-order chi connectivity index (χ0) is 22.0. The first kappa shape index (κ1) is 19.5. The third kappa shape index (κ3) is 4.03. The van der Waals surface area contributed by atoms with E-state index < -0.39 is 0 Å². The van der Waals surface area contributed by atoms with Gasteiger partial charge in [-0.2, -0.15) is 0 Å². The molecule has 0 spiro atoms. The molecule has 0 atom stereocenters. The van der Waals surface area contributed by atoms with Gasteiger partial charge in [-0.25, -0.2) is 14.6 Å². The Bertz CT molecular complexity index is 1430. The molecular weight excluding hydrogens is 418 g/mol. The highest BCUT2D eigenvalue weighted by Crippen LogP contribution is 2.22. The van der Waals surface area contributed by atoms with Crippen LogP contribution in [0.2, 0.25) is 0 Å². The standard InChI is InChI=1S/C23H21N9O/c1-2-17-10-16(3-4-20(17)25-5-1)15-32-23-22(29-30-32)26-14-21(28-23)27-18-11-19(13-24-12-18)31-6-8-33-9-7-31/h1-5,10-14H,6-9,15H2,(H,27,28). The third-order valence-corrected chi connectivity index (χ3v) is 5.60. The topological polar surface area (TPSA) is 107 Å². The van der Waals surface area contributed by atoms with Crippen molar-refractivity contribution in [1.82, 2.24) is 34.9 Å². The number of fused-ring (bicyclic) bond motifs is 2. The Hall–Kier alpha value is -4.18. The van der Waals surface area contributed by atoms with Crippen molar-refractivity contribution in [3.05, 3.63) is 66.7 Å². The van der Waals surface area contributed by atoms with Crippen LogP contribution in [0.15, 0.2) is 61.2 Å². The van der Waals surface area contributed by atoms with Crippen molar-refractivity contribution in [3.63, 3.8) is 0 Å². The van der Waals surface area contributed by atoms with Crippen LogP contribution in [-0.2, 0) is 11.3 Å². The molecule has 0 saturated carbocycles. The lowest BCUT2D eigenvalue weighted by molar-refractivity contribution is 0.122. The largest absolute Gasteiger partial charge is 0.378 e. The van der Waals surface area contributed by atoms with Crippen LogP contribution in [0.25, 0.3) is 22.2 Å². The summed E-state index contributed by atoms with van der Waals surface area (Å²) in [6.45, 7) is 3.70. The van der Waals surface area contributed by atoms with Crippen molar-refractivity contribution >= 4 is 39.4 Å². The van der Waals surface area contributed by atoms with Crippen molar-refractivity contribution in [3.8, 4) is 0 Å². The molecule has 1 aromatic carbocycles. The number of morpholine rings is 1. The summed E-state index contributed by atoms with van der Waals surface area (Å²) in [5, 5.41) is 12.8. The molecule has 164 valence electrons. The number of nitrogens with one attached hydrogen (secondary N) is 1. The van der Waals surface area contributed by atoms with Crippen LogP contribution in [0, 0.1) is 0 Å². The molecule has 1 aliphatic heterocycles. The van der Waals surface area contributed by atoms with Gasteiger partial charge in [-0.1, -0.05) is 17.3 Å². The molecule has 10 nitrogen and oxygen atoms in total. The number of ether oxygens (including phenoxy) is 1. The Morgan fingerprint density at radius 1 is 1.00 bits per heavy atom. The van der Waals surface area contributed by atoms with E-state index in [2.05, 4.69) is 47.6 Å². The molecule has 1 fully saturated rings. The van der Waals surface area contributed by atoms with Gasteiger partial charge in [0.2, 0.25) is 5.65 Å². The van der Waals surface area contributed by atoms with Crippen molar-refractivity contribution < 1.29 is 4.74 Å². The Morgan fingerprint density at radius 2 is 1.94 bits per heavy atom. The van der Waals surface area contributed by atoms with Gasteiger partial charge >= 0.3 is 0 Å². The Balaban J connectivity index is 1.26. The first-order chi connectivity index (χ1) is 16.3. The summed E-state index contributed by atoms with van der Waals surface area (Å²) in [6.07, 6.45) is 7.09. The third-order valence-electron chi connectivity index (χ3n) is 5.60. The predicted molar refractivity (Wildman–Crippen MR) is 125 cm³/mol. The second-order valence-electron chi connectivity index (χ2n) is 7.84. The van der Waals surface area contributed by atoms with Crippen molar-refractivity contribution in [2.75, 3.05) is 36.5 Å². The normalized spacial score (nSPS) is 14.1. The molecule has 5 aromatic rings. The van der Waals surface area contributed by atoms with Gasteiger partial charge < -0.3 is 15.0 Å². The quantitative estimate of drug-likeness (QED) is 0.442. The molecular formula is C23H21N9O. The van der Waals surface area contributed by atoms with Crippen LogP contribution in [0.3, 0.4) is 0 Å². The van der Waals surface area contributed by atoms with E-state index in [1.165, 1.54) is 0 Å². The molecule has 0 amide bonds. The average Bonchev–Trinajstić information content (AvgIpc) is 3.26. The molecule has 6 rings (SSSR count). The minimum absolute atomic E-state index is 0.503. The summed E-state index contributed by atoms with van der Waals surface area (Å²) < 4.78 is 7.20. The SMILES string of the molecule is c1cnc2ccc(Cn3nnc4ncc(Nc5cncc(N6CCOCC6)c5)nc43)cc2c1. The molecule has 0 aliphatic carbocycles. The highest BCUT2D eigenvalue weighted by Gasteiger charge is 2.13. The molecule has 1 saturated heterocycles. The molecule has 0 radical (unpaired) electrons. The molecule has 1 aliphatic rings. The number of hydrogen-bond acceptors (Lipinski definition) is 9. The maximum atomic E-state index is 5.44. The van der Waals surface area contributed by atoms with Crippen molar-refractivity contribution in [2.45, 2.75) is 6.54 Å². The molecule has 0 unspecified atom stereocenters. The van der Waals surface area contributed by atoms with Gasteiger partial charge in [0, 0.05) is 24.7 Å². The summed E-state index contributed by atoms with van der Waals surface area (Å²) in [4.78, 5) is 20.2. The van der Waals surface area contributed by atoms with Crippen LogP contribution in [-0.4, -0.2) is 61.2 Å². The number of nitrogens with zero attached hydrogens (tertiary/aromatic N) is 8. The molecule has 5 heterocycles. The van der Waals surface area contributed by atoms with Gasteiger partial charge in [-0.3, -0.25) is 9.97 Å². The lowest BCUT2D eigenvalue weighted by Gasteiger charge is -2.28. The van der Waals surface area contributed by atoms with Gasteiger partial charge in [0.05, 0.1) is 55.2 Å². The fourth-order valence-corrected chi connectivity index (χ4v) is 3.96. The van der Waals surface area contributed by atoms with Crippen LogP contribution < -0.4 is 10.2 Å². The molecule has 1 N–H and O–H groups in total.